The maximum absolute atomic E-state index is 12.9. The molecule has 1 aliphatic heterocycles. The molecule has 2 aliphatic rings. The van der Waals surface area contributed by atoms with E-state index in [1.54, 1.807) is 17.9 Å². The molecular weight excluding hydrogens is 443 g/mol. The number of hydrogen-bond acceptors (Lipinski definition) is 4. The number of allylic oxidation sites excluding steroid dienone is 2. The van der Waals surface area contributed by atoms with Crippen LogP contribution in [0.3, 0.4) is 0 Å². The summed E-state index contributed by atoms with van der Waals surface area (Å²) in [6.45, 7) is 6.20. The van der Waals surface area contributed by atoms with Crippen molar-refractivity contribution >= 4 is 23.2 Å². The molecule has 34 heavy (non-hydrogen) atoms. The lowest BCUT2D eigenvalue weighted by Crippen LogP contribution is -2.29. The van der Waals surface area contributed by atoms with Crippen LogP contribution in [0.2, 0.25) is 0 Å². The van der Waals surface area contributed by atoms with E-state index in [4.69, 9.17) is 4.74 Å². The number of nitrogens with zero attached hydrogens (tertiary/aromatic N) is 2. The summed E-state index contributed by atoms with van der Waals surface area (Å²) >= 11 is 0. The molecule has 0 atom stereocenters. The molecule has 0 spiro atoms. The van der Waals surface area contributed by atoms with E-state index in [9.17, 15) is 18.0 Å². The van der Waals surface area contributed by atoms with Crippen LogP contribution in [0, 0.1) is 0 Å². The fourth-order valence-corrected chi connectivity index (χ4v) is 3.71. The maximum atomic E-state index is 12.9. The lowest BCUT2D eigenvalue weighted by Gasteiger charge is -2.20. The first kappa shape index (κ1) is 23.4. The van der Waals surface area contributed by atoms with Crippen molar-refractivity contribution in [1.29, 1.82) is 0 Å². The van der Waals surface area contributed by atoms with Crippen LogP contribution in [0.25, 0.3) is 5.70 Å². The first-order chi connectivity index (χ1) is 16.3. The summed E-state index contributed by atoms with van der Waals surface area (Å²) in [6, 6.07) is 12.2. The number of nitrogens with one attached hydrogen (secondary N) is 1. The van der Waals surface area contributed by atoms with Crippen molar-refractivity contribution in [2.24, 2.45) is 4.99 Å². The van der Waals surface area contributed by atoms with Gasteiger partial charge in [0.15, 0.2) is 0 Å². The molecule has 0 saturated heterocycles. The Morgan fingerprint density at radius 2 is 1.82 bits per heavy atom. The quantitative estimate of drug-likeness (QED) is 0.387. The van der Waals surface area contributed by atoms with Gasteiger partial charge in [-0.1, -0.05) is 30.9 Å². The molecule has 176 valence electrons. The minimum atomic E-state index is -4.40. The van der Waals surface area contributed by atoms with E-state index >= 15 is 0 Å². The van der Waals surface area contributed by atoms with E-state index < -0.39 is 11.7 Å². The summed E-state index contributed by atoms with van der Waals surface area (Å²) in [5.74, 6) is 0.130. The number of carbonyl (C=O) groups is 1. The average Bonchev–Trinajstić information content (AvgIpc) is 3.61. The SMILES string of the molecule is C=C(Nc1ccc(C(F)(F)F)cc1)C(=N/C=C\C)OCCN1C(=O)c2ccccc2C1=C1CC1. The lowest BCUT2D eigenvalue weighted by atomic mass is 10.1. The van der Waals surface area contributed by atoms with Gasteiger partial charge in [-0.15, -0.1) is 0 Å². The second-order valence-corrected chi connectivity index (χ2v) is 7.90. The summed E-state index contributed by atoms with van der Waals surface area (Å²) in [4.78, 5) is 18.9. The number of ether oxygens (including phenoxy) is 1. The highest BCUT2D eigenvalue weighted by Gasteiger charge is 2.36. The van der Waals surface area contributed by atoms with Crippen molar-refractivity contribution < 1.29 is 22.7 Å². The molecule has 1 amide bonds. The van der Waals surface area contributed by atoms with Gasteiger partial charge in [0.05, 0.1) is 23.5 Å². The summed E-state index contributed by atoms with van der Waals surface area (Å²) in [6.07, 6.45) is 0.805. The van der Waals surface area contributed by atoms with Crippen molar-refractivity contribution in [2.45, 2.75) is 25.9 Å². The third-order valence-electron chi connectivity index (χ3n) is 5.42. The number of amides is 1. The number of aliphatic imine (C=N–C) groups is 1. The van der Waals surface area contributed by atoms with Crippen LogP contribution >= 0.6 is 0 Å². The van der Waals surface area contributed by atoms with Crippen molar-refractivity contribution in [2.75, 3.05) is 18.5 Å². The van der Waals surface area contributed by atoms with E-state index in [1.807, 2.05) is 24.3 Å². The Hall–Kier alpha value is -3.81. The van der Waals surface area contributed by atoms with Crippen LogP contribution in [0.15, 0.2) is 83.6 Å². The van der Waals surface area contributed by atoms with Gasteiger partial charge in [-0.05, 0) is 55.7 Å². The topological polar surface area (TPSA) is 53.9 Å². The molecule has 0 bridgehead atoms. The van der Waals surface area contributed by atoms with Gasteiger partial charge in [0.2, 0.25) is 5.90 Å². The molecule has 0 aromatic heterocycles. The third kappa shape index (κ3) is 5.06. The average molecular weight is 467 g/mol. The Kier molecular flexibility index (Phi) is 6.58. The van der Waals surface area contributed by atoms with Crippen LogP contribution in [0.5, 0.6) is 0 Å². The second kappa shape index (κ2) is 9.59. The van der Waals surface area contributed by atoms with Gasteiger partial charge in [0, 0.05) is 23.0 Å². The zero-order chi connectivity index (χ0) is 24.3. The first-order valence-electron chi connectivity index (χ1n) is 10.9. The van der Waals surface area contributed by atoms with Crippen molar-refractivity contribution in [3.05, 3.63) is 95.3 Å². The van der Waals surface area contributed by atoms with E-state index in [1.165, 1.54) is 23.9 Å². The summed E-state index contributed by atoms with van der Waals surface area (Å²) in [5.41, 5.74) is 3.84. The zero-order valence-electron chi connectivity index (χ0n) is 18.7. The number of halogens is 3. The number of anilines is 1. The van der Waals surface area contributed by atoms with Gasteiger partial charge in [-0.3, -0.25) is 4.79 Å². The number of alkyl halides is 3. The van der Waals surface area contributed by atoms with Gasteiger partial charge in [-0.2, -0.15) is 13.2 Å². The number of fused-ring (bicyclic) bond motifs is 1. The Morgan fingerprint density at radius 1 is 1.15 bits per heavy atom. The van der Waals surface area contributed by atoms with Gasteiger partial charge in [0.1, 0.15) is 6.61 Å². The Labute approximate surface area is 195 Å². The molecule has 0 unspecified atom stereocenters. The highest BCUT2D eigenvalue weighted by atomic mass is 19.4. The minimum Gasteiger partial charge on any atom is -0.474 e. The molecular formula is C26H24F3N3O2. The van der Waals surface area contributed by atoms with Gasteiger partial charge < -0.3 is 15.0 Å². The molecule has 1 N–H and O–H groups in total. The lowest BCUT2D eigenvalue weighted by molar-refractivity contribution is -0.137. The first-order valence-corrected chi connectivity index (χ1v) is 10.9. The fourth-order valence-electron chi connectivity index (χ4n) is 3.71. The Bertz CT molecular complexity index is 1190. The number of carbonyl (C=O) groups excluding carboxylic acids is 1. The summed E-state index contributed by atoms with van der Waals surface area (Å²) in [5, 5.41) is 2.93. The predicted molar refractivity (Wildman–Crippen MR) is 126 cm³/mol. The predicted octanol–water partition coefficient (Wildman–Crippen LogP) is 6.24. The molecule has 1 fully saturated rings. The smallest absolute Gasteiger partial charge is 0.416 e. The fraction of sp³-hybridized carbons (Fsp3) is 0.231. The van der Waals surface area contributed by atoms with Crippen molar-refractivity contribution in [3.63, 3.8) is 0 Å². The number of rotatable bonds is 7. The van der Waals surface area contributed by atoms with Crippen molar-refractivity contribution in [3.8, 4) is 0 Å². The van der Waals surface area contributed by atoms with Crippen LogP contribution < -0.4 is 5.32 Å². The monoisotopic (exact) mass is 467 g/mol. The molecule has 2 aromatic rings. The third-order valence-corrected chi connectivity index (χ3v) is 5.42. The largest absolute Gasteiger partial charge is 0.474 e. The zero-order valence-corrected chi connectivity index (χ0v) is 18.7. The van der Waals surface area contributed by atoms with Crippen LogP contribution in [0.1, 0.15) is 41.3 Å². The molecule has 1 aliphatic carbocycles. The highest BCUT2D eigenvalue weighted by molar-refractivity contribution is 6.10. The number of hydrogen-bond donors (Lipinski definition) is 1. The molecule has 4 rings (SSSR count). The van der Waals surface area contributed by atoms with E-state index in [2.05, 4.69) is 16.9 Å². The van der Waals surface area contributed by atoms with Crippen LogP contribution in [-0.4, -0.2) is 29.9 Å². The van der Waals surface area contributed by atoms with Gasteiger partial charge >= 0.3 is 6.18 Å². The van der Waals surface area contributed by atoms with Crippen LogP contribution in [-0.2, 0) is 10.9 Å². The molecule has 0 radical (unpaired) electrons. The van der Waals surface area contributed by atoms with E-state index in [-0.39, 0.29) is 24.1 Å². The Morgan fingerprint density at radius 3 is 2.44 bits per heavy atom. The number of benzene rings is 2. The second-order valence-electron chi connectivity index (χ2n) is 7.90. The molecule has 8 heteroatoms. The molecule has 5 nitrogen and oxygen atoms in total. The molecule has 1 heterocycles. The van der Waals surface area contributed by atoms with E-state index in [0.29, 0.717) is 17.8 Å². The molecule has 2 aromatic carbocycles. The van der Waals surface area contributed by atoms with Gasteiger partial charge in [0.25, 0.3) is 5.91 Å². The van der Waals surface area contributed by atoms with E-state index in [0.717, 1.165) is 36.2 Å². The summed E-state index contributed by atoms with van der Waals surface area (Å²) < 4.78 is 44.2. The maximum Gasteiger partial charge on any atom is 0.416 e. The molecule has 1 saturated carbocycles. The van der Waals surface area contributed by atoms with Crippen molar-refractivity contribution in [1.82, 2.24) is 4.90 Å². The minimum absolute atomic E-state index is 0.0535. The summed E-state index contributed by atoms with van der Waals surface area (Å²) in [7, 11) is 0. The Balaban J connectivity index is 1.42. The highest BCUT2D eigenvalue weighted by Crippen LogP contribution is 2.43. The van der Waals surface area contributed by atoms with Gasteiger partial charge in [-0.25, -0.2) is 4.99 Å². The normalized spacial score (nSPS) is 15.7. The van der Waals surface area contributed by atoms with Crippen LogP contribution in [0.4, 0.5) is 18.9 Å². The standard InChI is InChI=1S/C26H24F3N3O2/c1-3-14-30-24(17(2)31-20-12-10-19(11-13-20)26(27,28)29)34-16-15-32-23(18-8-9-18)21-6-4-5-7-22(21)25(32)33/h3-7,10-14,31H,2,8-9,15-16H2,1H3/b14-3-,30-24?.